The number of nitrogens with zero attached hydrogens (tertiary/aromatic N) is 5. The maximum atomic E-state index is 13.3. The fourth-order valence-corrected chi connectivity index (χ4v) is 5.45. The third kappa shape index (κ3) is 4.46. The Balaban J connectivity index is 1.63. The van der Waals surface area contributed by atoms with Crippen LogP contribution in [0.1, 0.15) is 11.3 Å². The molecular formula is C21H29N5O4S. The van der Waals surface area contributed by atoms with E-state index in [0.29, 0.717) is 50.8 Å². The number of ether oxygens (including phenoxy) is 2. The number of fused-ring (bicyclic) bond motifs is 1. The van der Waals surface area contributed by atoms with E-state index in [1.54, 1.807) is 24.3 Å². The molecule has 1 fully saturated rings. The lowest BCUT2D eigenvalue weighted by molar-refractivity contribution is 0.122. The summed E-state index contributed by atoms with van der Waals surface area (Å²) < 4.78 is 38.8. The van der Waals surface area contributed by atoms with E-state index in [9.17, 15) is 8.42 Å². The zero-order chi connectivity index (χ0) is 22.0. The summed E-state index contributed by atoms with van der Waals surface area (Å²) in [6, 6.07) is 6.61. The third-order valence-corrected chi connectivity index (χ3v) is 7.56. The molecule has 0 radical (unpaired) electrons. The molecule has 0 amide bonds. The highest BCUT2D eigenvalue weighted by molar-refractivity contribution is 7.89. The van der Waals surface area contributed by atoms with Gasteiger partial charge in [-0.15, -0.1) is 0 Å². The number of rotatable bonds is 5. The smallest absolute Gasteiger partial charge is 0.243 e. The van der Waals surface area contributed by atoms with Crippen molar-refractivity contribution in [3.05, 3.63) is 35.5 Å². The second-order valence-corrected chi connectivity index (χ2v) is 9.79. The summed E-state index contributed by atoms with van der Waals surface area (Å²) in [5.74, 6) is 2.07. The molecule has 1 aromatic carbocycles. The molecule has 0 N–H and O–H groups in total. The number of hydrogen-bond donors (Lipinski definition) is 0. The van der Waals surface area contributed by atoms with Crippen molar-refractivity contribution in [2.75, 3.05) is 70.4 Å². The first-order valence-electron chi connectivity index (χ1n) is 10.4. The van der Waals surface area contributed by atoms with Crippen molar-refractivity contribution < 1.29 is 17.9 Å². The molecule has 0 aliphatic carbocycles. The molecule has 10 heteroatoms. The molecule has 31 heavy (non-hydrogen) atoms. The number of hydrogen-bond acceptors (Lipinski definition) is 8. The van der Waals surface area contributed by atoms with E-state index in [1.807, 2.05) is 19.0 Å². The largest absolute Gasteiger partial charge is 0.497 e. The van der Waals surface area contributed by atoms with Crippen LogP contribution in [0.5, 0.6) is 5.75 Å². The first-order chi connectivity index (χ1) is 14.9. The highest BCUT2D eigenvalue weighted by atomic mass is 32.2. The summed E-state index contributed by atoms with van der Waals surface area (Å²) in [5, 5.41) is 0. The van der Waals surface area contributed by atoms with Crippen molar-refractivity contribution in [2.24, 2.45) is 0 Å². The molecule has 9 nitrogen and oxygen atoms in total. The predicted octanol–water partition coefficient (Wildman–Crippen LogP) is 1.18. The van der Waals surface area contributed by atoms with Crippen LogP contribution in [0.4, 0.5) is 11.8 Å². The van der Waals surface area contributed by atoms with Crippen LogP contribution in [-0.4, -0.2) is 83.3 Å². The molecule has 2 aliphatic heterocycles. The van der Waals surface area contributed by atoms with E-state index >= 15 is 0 Å². The van der Waals surface area contributed by atoms with E-state index < -0.39 is 10.0 Å². The zero-order valence-corrected chi connectivity index (χ0v) is 19.1. The van der Waals surface area contributed by atoms with E-state index in [4.69, 9.17) is 19.4 Å². The fourth-order valence-electron chi connectivity index (χ4n) is 3.97. The Labute approximate surface area is 183 Å². The van der Waals surface area contributed by atoms with Crippen LogP contribution in [0.2, 0.25) is 0 Å². The lowest BCUT2D eigenvalue weighted by Crippen LogP contribution is -2.38. The molecule has 0 atom stereocenters. The molecule has 2 aliphatic rings. The topological polar surface area (TPSA) is 88.1 Å². The molecule has 168 valence electrons. The van der Waals surface area contributed by atoms with Gasteiger partial charge in [-0.25, -0.2) is 13.4 Å². The van der Waals surface area contributed by atoms with Crippen molar-refractivity contribution in [3.8, 4) is 5.75 Å². The van der Waals surface area contributed by atoms with Crippen LogP contribution < -0.4 is 14.5 Å². The molecule has 4 rings (SSSR count). The normalized spacial score (nSPS) is 17.7. The summed E-state index contributed by atoms with van der Waals surface area (Å²) in [7, 11) is 1.81. The van der Waals surface area contributed by atoms with Gasteiger partial charge in [0.1, 0.15) is 11.6 Å². The van der Waals surface area contributed by atoms with Gasteiger partial charge < -0.3 is 19.3 Å². The highest BCUT2D eigenvalue weighted by Crippen LogP contribution is 2.29. The second-order valence-electron chi connectivity index (χ2n) is 7.85. The third-order valence-electron chi connectivity index (χ3n) is 5.66. The molecule has 1 saturated heterocycles. The van der Waals surface area contributed by atoms with Crippen LogP contribution in [0.3, 0.4) is 0 Å². The molecule has 1 aromatic heterocycles. The van der Waals surface area contributed by atoms with Crippen molar-refractivity contribution in [3.63, 3.8) is 0 Å². The van der Waals surface area contributed by atoms with Crippen LogP contribution >= 0.6 is 0 Å². The summed E-state index contributed by atoms with van der Waals surface area (Å²) in [4.78, 5) is 14.0. The van der Waals surface area contributed by atoms with Gasteiger partial charge in [0.25, 0.3) is 0 Å². The number of anilines is 2. The van der Waals surface area contributed by atoms with Gasteiger partial charge in [-0.1, -0.05) is 6.07 Å². The molecule has 3 heterocycles. The monoisotopic (exact) mass is 447 g/mol. The van der Waals surface area contributed by atoms with Gasteiger partial charge in [-0.3, -0.25) is 0 Å². The fraction of sp³-hybridized carbons (Fsp3) is 0.524. The van der Waals surface area contributed by atoms with Crippen LogP contribution in [0.25, 0.3) is 0 Å². The van der Waals surface area contributed by atoms with Crippen molar-refractivity contribution in [1.82, 2.24) is 14.3 Å². The standard InChI is InChI=1S/C21H29N5O4S/c1-24(2)20-18-7-9-26(31(27,28)17-6-4-5-16(15-17)29-3)10-8-19(18)22-21(23-20)25-11-13-30-14-12-25/h4-6,15H,7-14H2,1-3H3. The SMILES string of the molecule is COc1cccc(S(=O)(=O)N2CCc3nc(N4CCOCC4)nc(N(C)C)c3CC2)c1. The Bertz CT molecular complexity index is 1040. The molecule has 2 aromatic rings. The van der Waals surface area contributed by atoms with Crippen molar-refractivity contribution >= 4 is 21.8 Å². The molecule has 0 saturated carbocycles. The van der Waals surface area contributed by atoms with Crippen LogP contribution in [0, 0.1) is 0 Å². The van der Waals surface area contributed by atoms with Crippen LogP contribution in [0.15, 0.2) is 29.2 Å². The first-order valence-corrected chi connectivity index (χ1v) is 11.9. The summed E-state index contributed by atoms with van der Waals surface area (Å²) in [6.07, 6.45) is 1.11. The second kappa shape index (κ2) is 8.97. The Kier molecular flexibility index (Phi) is 6.31. The zero-order valence-electron chi connectivity index (χ0n) is 18.2. The van der Waals surface area contributed by atoms with Gasteiger partial charge in [0, 0.05) is 58.3 Å². The molecular weight excluding hydrogens is 418 g/mol. The Morgan fingerprint density at radius 2 is 1.81 bits per heavy atom. The van der Waals surface area contributed by atoms with E-state index in [2.05, 4.69) is 4.90 Å². The number of aromatic nitrogens is 2. The molecule has 0 spiro atoms. The van der Waals surface area contributed by atoms with Crippen molar-refractivity contribution in [1.29, 1.82) is 0 Å². The number of methoxy groups -OCH3 is 1. The Morgan fingerprint density at radius 3 is 2.52 bits per heavy atom. The lowest BCUT2D eigenvalue weighted by atomic mass is 10.1. The van der Waals surface area contributed by atoms with Gasteiger partial charge in [0.05, 0.1) is 30.9 Å². The Morgan fingerprint density at radius 1 is 1.06 bits per heavy atom. The van der Waals surface area contributed by atoms with Gasteiger partial charge >= 0.3 is 0 Å². The lowest BCUT2D eigenvalue weighted by Gasteiger charge is -2.28. The quantitative estimate of drug-likeness (QED) is 0.675. The first kappa shape index (κ1) is 21.8. The minimum atomic E-state index is -3.63. The molecule has 0 bridgehead atoms. The minimum Gasteiger partial charge on any atom is -0.497 e. The van der Waals surface area contributed by atoms with E-state index in [0.717, 1.165) is 30.2 Å². The average Bonchev–Trinajstić information content (AvgIpc) is 3.02. The minimum absolute atomic E-state index is 0.241. The number of benzene rings is 1. The summed E-state index contributed by atoms with van der Waals surface area (Å²) >= 11 is 0. The van der Waals surface area contributed by atoms with Gasteiger partial charge in [-0.2, -0.15) is 9.29 Å². The van der Waals surface area contributed by atoms with Gasteiger partial charge in [-0.05, 0) is 18.6 Å². The summed E-state index contributed by atoms with van der Waals surface area (Å²) in [5.41, 5.74) is 1.94. The van der Waals surface area contributed by atoms with Gasteiger partial charge in [0.15, 0.2) is 0 Å². The number of morpholine rings is 1. The molecule has 0 unspecified atom stereocenters. The van der Waals surface area contributed by atoms with Gasteiger partial charge in [0.2, 0.25) is 16.0 Å². The van der Waals surface area contributed by atoms with E-state index in [-0.39, 0.29) is 4.90 Å². The highest BCUT2D eigenvalue weighted by Gasteiger charge is 2.30. The summed E-state index contributed by atoms with van der Waals surface area (Å²) in [6.45, 7) is 3.57. The Hall–Kier alpha value is -2.43. The van der Waals surface area contributed by atoms with E-state index in [1.165, 1.54) is 11.4 Å². The average molecular weight is 448 g/mol. The predicted molar refractivity (Wildman–Crippen MR) is 119 cm³/mol. The number of sulfonamides is 1. The van der Waals surface area contributed by atoms with Crippen LogP contribution in [-0.2, 0) is 27.6 Å². The maximum absolute atomic E-state index is 13.3. The van der Waals surface area contributed by atoms with Crippen molar-refractivity contribution in [2.45, 2.75) is 17.7 Å². The maximum Gasteiger partial charge on any atom is 0.243 e.